The number of rotatable bonds is 10. The number of anilines is 1. The molecule has 40 heavy (non-hydrogen) atoms. The van der Waals surface area contributed by atoms with Crippen molar-refractivity contribution in [1.82, 2.24) is 5.32 Å². The molecule has 0 heterocycles. The molecule has 0 bridgehead atoms. The van der Waals surface area contributed by atoms with E-state index in [1.807, 2.05) is 68.4 Å². The van der Waals surface area contributed by atoms with Crippen LogP contribution in [0.2, 0.25) is 0 Å². The molecular formula is C34H30N2O4. The van der Waals surface area contributed by atoms with Gasteiger partial charge in [-0.15, -0.1) is 0 Å². The Morgan fingerprint density at radius 3 is 2.12 bits per heavy atom. The molecule has 0 saturated carbocycles. The van der Waals surface area contributed by atoms with E-state index in [0.29, 0.717) is 23.4 Å². The van der Waals surface area contributed by atoms with Gasteiger partial charge in [-0.2, -0.15) is 0 Å². The molecule has 0 aromatic heterocycles. The van der Waals surface area contributed by atoms with Crippen LogP contribution in [0, 0.1) is 6.92 Å². The van der Waals surface area contributed by atoms with E-state index in [9.17, 15) is 14.4 Å². The van der Waals surface area contributed by atoms with E-state index in [2.05, 4.69) is 10.6 Å². The first-order chi connectivity index (χ1) is 19.4. The molecule has 6 nitrogen and oxygen atoms in total. The summed E-state index contributed by atoms with van der Waals surface area (Å²) in [7, 11) is 0. The number of hydrogen-bond acceptors (Lipinski definition) is 4. The zero-order chi connectivity index (χ0) is 28.3. The largest absolute Gasteiger partial charge is 0.494 e. The zero-order valence-corrected chi connectivity index (χ0v) is 22.4. The van der Waals surface area contributed by atoms with Crippen LogP contribution < -0.4 is 15.4 Å². The highest BCUT2D eigenvalue weighted by Crippen LogP contribution is 2.17. The minimum atomic E-state index is -0.484. The highest BCUT2D eigenvalue weighted by atomic mass is 16.5. The van der Waals surface area contributed by atoms with Crippen LogP contribution in [0.25, 0.3) is 12.2 Å². The van der Waals surface area contributed by atoms with Crippen LogP contribution in [0.1, 0.15) is 44.3 Å². The smallest absolute Gasteiger partial charge is 0.272 e. The van der Waals surface area contributed by atoms with Crippen LogP contribution in [0.15, 0.2) is 115 Å². The monoisotopic (exact) mass is 530 g/mol. The Kier molecular flexibility index (Phi) is 9.40. The molecule has 4 aromatic carbocycles. The van der Waals surface area contributed by atoms with Gasteiger partial charge in [0.2, 0.25) is 0 Å². The van der Waals surface area contributed by atoms with E-state index in [1.54, 1.807) is 60.7 Å². The minimum absolute atomic E-state index is 0.0987. The molecule has 4 rings (SSSR count). The first-order valence-electron chi connectivity index (χ1n) is 12.9. The maximum Gasteiger partial charge on any atom is 0.272 e. The average molecular weight is 531 g/mol. The number of ether oxygens (including phenoxy) is 1. The van der Waals surface area contributed by atoms with Crippen molar-refractivity contribution in [2.45, 2.75) is 13.8 Å². The molecule has 6 heteroatoms. The van der Waals surface area contributed by atoms with Gasteiger partial charge in [-0.25, -0.2) is 0 Å². The Bertz CT molecular complexity index is 1540. The molecule has 0 radical (unpaired) electrons. The molecule has 200 valence electrons. The number of amides is 2. The number of ketones is 1. The number of benzene rings is 4. The normalized spacial score (nSPS) is 11.2. The molecule has 0 aliphatic rings. The van der Waals surface area contributed by atoms with E-state index in [-0.39, 0.29) is 11.5 Å². The van der Waals surface area contributed by atoms with E-state index in [1.165, 1.54) is 6.08 Å². The van der Waals surface area contributed by atoms with Gasteiger partial charge < -0.3 is 15.4 Å². The Morgan fingerprint density at radius 1 is 0.775 bits per heavy atom. The molecule has 4 aromatic rings. The zero-order valence-electron chi connectivity index (χ0n) is 22.4. The van der Waals surface area contributed by atoms with Crippen molar-refractivity contribution in [2.24, 2.45) is 0 Å². The summed E-state index contributed by atoms with van der Waals surface area (Å²) in [6.07, 6.45) is 4.90. The van der Waals surface area contributed by atoms with Crippen molar-refractivity contribution in [2.75, 3.05) is 11.9 Å². The number of carbonyl (C=O) groups is 3. The summed E-state index contributed by atoms with van der Waals surface area (Å²) in [5.41, 5.74) is 4.15. The van der Waals surface area contributed by atoms with Crippen LogP contribution >= 0.6 is 0 Å². The molecular weight excluding hydrogens is 500 g/mol. The summed E-state index contributed by atoms with van der Waals surface area (Å²) in [4.78, 5) is 38.8. The predicted molar refractivity (Wildman–Crippen MR) is 159 cm³/mol. The molecule has 0 aliphatic heterocycles. The molecule has 0 spiro atoms. The third-order valence-electron chi connectivity index (χ3n) is 6.06. The van der Waals surface area contributed by atoms with Crippen molar-refractivity contribution in [3.8, 4) is 5.75 Å². The number of nitrogens with one attached hydrogen (secondary N) is 2. The highest BCUT2D eigenvalue weighted by molar-refractivity contribution is 6.11. The van der Waals surface area contributed by atoms with Gasteiger partial charge in [-0.05, 0) is 91.2 Å². The summed E-state index contributed by atoms with van der Waals surface area (Å²) in [6.45, 7) is 4.45. The van der Waals surface area contributed by atoms with Gasteiger partial charge in [0.1, 0.15) is 11.4 Å². The number of carbonyl (C=O) groups excluding carboxylic acids is 3. The lowest BCUT2D eigenvalue weighted by atomic mass is 10.1. The lowest BCUT2D eigenvalue weighted by Crippen LogP contribution is -2.30. The van der Waals surface area contributed by atoms with Gasteiger partial charge in [-0.1, -0.05) is 60.7 Å². The predicted octanol–water partition coefficient (Wildman–Crippen LogP) is 6.70. The van der Waals surface area contributed by atoms with E-state index >= 15 is 0 Å². The second kappa shape index (κ2) is 13.5. The van der Waals surface area contributed by atoms with Gasteiger partial charge in [-0.3, -0.25) is 14.4 Å². The molecule has 0 saturated heterocycles. The molecule has 0 aliphatic carbocycles. The van der Waals surface area contributed by atoms with Crippen molar-refractivity contribution < 1.29 is 19.1 Å². The third kappa shape index (κ3) is 7.65. The maximum atomic E-state index is 13.3. The first-order valence-corrected chi connectivity index (χ1v) is 12.9. The van der Waals surface area contributed by atoms with Gasteiger partial charge in [0.15, 0.2) is 5.78 Å². The molecule has 0 atom stereocenters. The Hall–Kier alpha value is -5.23. The van der Waals surface area contributed by atoms with Crippen LogP contribution in [-0.2, 0) is 4.79 Å². The Morgan fingerprint density at radius 2 is 1.45 bits per heavy atom. The van der Waals surface area contributed by atoms with Crippen LogP contribution in [0.3, 0.4) is 0 Å². The molecule has 2 amide bonds. The quantitative estimate of drug-likeness (QED) is 0.177. The first kappa shape index (κ1) is 27.8. The lowest BCUT2D eigenvalue weighted by Gasteiger charge is -2.12. The third-order valence-corrected chi connectivity index (χ3v) is 6.06. The highest BCUT2D eigenvalue weighted by Gasteiger charge is 2.16. The van der Waals surface area contributed by atoms with Gasteiger partial charge in [0, 0.05) is 16.8 Å². The standard InChI is InChI=1S/C34H30N2O4/c1-3-40-30-20-13-25(14-21-30)15-22-32(37)26-16-18-29(19-17-26)35-34(39)31(23-28-12-8-7-9-24(28)2)36-33(38)27-10-5-4-6-11-27/h4-23H,3H2,1-2H3,(H,35,39)(H,36,38)/b22-15+,31-23-. The fourth-order valence-corrected chi connectivity index (χ4v) is 3.87. The van der Waals surface area contributed by atoms with Gasteiger partial charge >= 0.3 is 0 Å². The van der Waals surface area contributed by atoms with Crippen molar-refractivity contribution in [3.63, 3.8) is 0 Å². The van der Waals surface area contributed by atoms with Crippen molar-refractivity contribution in [3.05, 3.63) is 143 Å². The maximum absolute atomic E-state index is 13.3. The lowest BCUT2D eigenvalue weighted by molar-refractivity contribution is -0.113. The van der Waals surface area contributed by atoms with Gasteiger partial charge in [0.05, 0.1) is 6.61 Å². The second-order valence-corrected chi connectivity index (χ2v) is 8.97. The average Bonchev–Trinajstić information content (AvgIpc) is 2.98. The second-order valence-electron chi connectivity index (χ2n) is 8.97. The SMILES string of the molecule is CCOc1ccc(/C=C/C(=O)c2ccc(NC(=O)/C(=C/c3ccccc3C)NC(=O)c3ccccc3)cc2)cc1. The number of hydrogen-bond donors (Lipinski definition) is 2. The Labute approximate surface area is 234 Å². The minimum Gasteiger partial charge on any atom is -0.494 e. The van der Waals surface area contributed by atoms with E-state index < -0.39 is 11.8 Å². The summed E-state index contributed by atoms with van der Waals surface area (Å²) < 4.78 is 5.44. The fourth-order valence-electron chi connectivity index (χ4n) is 3.87. The van der Waals surface area contributed by atoms with Crippen molar-refractivity contribution >= 4 is 35.4 Å². The van der Waals surface area contributed by atoms with Crippen molar-refractivity contribution in [1.29, 1.82) is 0 Å². The van der Waals surface area contributed by atoms with Crippen LogP contribution in [0.4, 0.5) is 5.69 Å². The van der Waals surface area contributed by atoms with E-state index in [4.69, 9.17) is 4.74 Å². The van der Waals surface area contributed by atoms with E-state index in [0.717, 1.165) is 22.4 Å². The molecule has 0 fully saturated rings. The van der Waals surface area contributed by atoms with Crippen LogP contribution in [0.5, 0.6) is 5.75 Å². The van der Waals surface area contributed by atoms with Crippen LogP contribution in [-0.4, -0.2) is 24.2 Å². The summed E-state index contributed by atoms with van der Waals surface area (Å²) in [6, 6.07) is 30.4. The fraction of sp³-hybridized carbons (Fsp3) is 0.0882. The summed E-state index contributed by atoms with van der Waals surface area (Å²) in [5, 5.41) is 5.56. The van der Waals surface area contributed by atoms with Gasteiger partial charge in [0.25, 0.3) is 11.8 Å². The molecule has 0 unspecified atom stereocenters. The summed E-state index contributed by atoms with van der Waals surface area (Å²) >= 11 is 0. The molecule has 2 N–H and O–H groups in total. The number of allylic oxidation sites excluding steroid dienone is 1. The summed E-state index contributed by atoms with van der Waals surface area (Å²) in [5.74, 6) is -0.264. The Balaban J connectivity index is 1.46. The topological polar surface area (TPSA) is 84.5 Å². The number of aryl methyl sites for hydroxylation is 1.